The average molecular weight is 307 g/mol. The third-order valence-corrected chi connectivity index (χ3v) is 5.48. The van der Waals surface area contributed by atoms with Crippen LogP contribution in [0.1, 0.15) is 35.5 Å². The molecule has 0 spiro atoms. The molecule has 2 unspecified atom stereocenters. The molecular formula is C15H21N3O2S. The molecule has 1 fully saturated rings. The van der Waals surface area contributed by atoms with Crippen molar-refractivity contribution < 1.29 is 4.74 Å². The summed E-state index contributed by atoms with van der Waals surface area (Å²) in [5, 5.41) is 4.19. The highest BCUT2D eigenvalue weighted by Gasteiger charge is 2.26. The Morgan fingerprint density at radius 3 is 3.00 bits per heavy atom. The van der Waals surface area contributed by atoms with Gasteiger partial charge in [-0.1, -0.05) is 0 Å². The Bertz CT molecular complexity index is 707. The molecule has 114 valence electrons. The Labute approximate surface area is 127 Å². The van der Waals surface area contributed by atoms with Crippen molar-refractivity contribution in [2.75, 3.05) is 7.11 Å². The van der Waals surface area contributed by atoms with Crippen LogP contribution in [-0.2, 0) is 11.3 Å². The molecule has 6 heteroatoms. The predicted molar refractivity (Wildman–Crippen MR) is 85.0 cm³/mol. The molecule has 2 heterocycles. The van der Waals surface area contributed by atoms with Gasteiger partial charge in [0.15, 0.2) is 0 Å². The third-order valence-electron chi connectivity index (χ3n) is 4.38. The number of rotatable bonds is 4. The fourth-order valence-electron chi connectivity index (χ4n) is 3.05. The maximum Gasteiger partial charge on any atom is 0.259 e. The second kappa shape index (κ2) is 5.87. The van der Waals surface area contributed by atoms with E-state index in [1.54, 1.807) is 18.4 Å². The van der Waals surface area contributed by atoms with E-state index in [1.165, 1.54) is 6.42 Å². The number of methoxy groups -OCH3 is 1. The van der Waals surface area contributed by atoms with Crippen molar-refractivity contribution in [3.63, 3.8) is 0 Å². The second-order valence-electron chi connectivity index (χ2n) is 5.67. The summed E-state index contributed by atoms with van der Waals surface area (Å²) in [7, 11) is 1.76. The number of nitrogens with zero attached hydrogens (tertiary/aromatic N) is 1. The largest absolute Gasteiger partial charge is 0.380 e. The van der Waals surface area contributed by atoms with Crippen molar-refractivity contribution in [3.05, 3.63) is 26.6 Å². The van der Waals surface area contributed by atoms with E-state index in [2.05, 4.69) is 15.3 Å². The van der Waals surface area contributed by atoms with E-state index in [4.69, 9.17) is 4.74 Å². The van der Waals surface area contributed by atoms with Gasteiger partial charge in [0.05, 0.1) is 18.0 Å². The summed E-state index contributed by atoms with van der Waals surface area (Å²) in [6.45, 7) is 4.58. The summed E-state index contributed by atoms with van der Waals surface area (Å²) < 4.78 is 5.47. The van der Waals surface area contributed by atoms with E-state index in [0.717, 1.165) is 33.5 Å². The Balaban J connectivity index is 1.80. The van der Waals surface area contributed by atoms with Crippen LogP contribution in [0.3, 0.4) is 0 Å². The van der Waals surface area contributed by atoms with E-state index in [9.17, 15) is 4.79 Å². The van der Waals surface area contributed by atoms with Crippen LogP contribution in [0.2, 0.25) is 0 Å². The van der Waals surface area contributed by atoms with Gasteiger partial charge in [-0.05, 0) is 38.7 Å². The second-order valence-corrected chi connectivity index (χ2v) is 6.87. The quantitative estimate of drug-likeness (QED) is 0.909. The van der Waals surface area contributed by atoms with Gasteiger partial charge in [0, 0.05) is 18.0 Å². The molecule has 21 heavy (non-hydrogen) atoms. The number of nitrogens with one attached hydrogen (secondary N) is 2. The highest BCUT2D eigenvalue weighted by Crippen LogP contribution is 2.26. The maximum atomic E-state index is 12.2. The van der Waals surface area contributed by atoms with E-state index in [1.807, 2.05) is 13.8 Å². The summed E-state index contributed by atoms with van der Waals surface area (Å²) in [4.78, 5) is 21.7. The zero-order valence-electron chi connectivity index (χ0n) is 12.7. The maximum absolute atomic E-state index is 12.2. The van der Waals surface area contributed by atoms with E-state index in [0.29, 0.717) is 18.4 Å². The first-order chi connectivity index (χ1) is 10.1. The molecular weight excluding hydrogens is 286 g/mol. The van der Waals surface area contributed by atoms with Gasteiger partial charge in [0.25, 0.3) is 5.56 Å². The SMILES string of the molecule is COC1CCCC1NCc1nc2sc(C)c(C)c2c(=O)[nH]1. The van der Waals surface area contributed by atoms with E-state index in [-0.39, 0.29) is 11.7 Å². The monoisotopic (exact) mass is 307 g/mol. The van der Waals surface area contributed by atoms with Crippen molar-refractivity contribution in [3.8, 4) is 0 Å². The summed E-state index contributed by atoms with van der Waals surface area (Å²) in [6, 6.07) is 0.350. The molecule has 0 aliphatic heterocycles. The molecule has 1 aliphatic carbocycles. The molecule has 2 aromatic heterocycles. The molecule has 0 aromatic carbocycles. The normalized spacial score (nSPS) is 22.2. The number of ether oxygens (including phenoxy) is 1. The smallest absolute Gasteiger partial charge is 0.259 e. The third kappa shape index (κ3) is 2.75. The molecule has 0 amide bonds. The summed E-state index contributed by atoms with van der Waals surface area (Å²) >= 11 is 1.59. The van der Waals surface area contributed by atoms with Crippen molar-refractivity contribution in [2.45, 2.75) is 51.8 Å². The predicted octanol–water partition coefficient (Wildman–Crippen LogP) is 2.26. The minimum absolute atomic E-state index is 0.0339. The zero-order valence-corrected chi connectivity index (χ0v) is 13.5. The number of thiophene rings is 1. The van der Waals surface area contributed by atoms with Crippen LogP contribution in [0.5, 0.6) is 0 Å². The first-order valence-electron chi connectivity index (χ1n) is 7.35. The Morgan fingerprint density at radius 2 is 2.24 bits per heavy atom. The van der Waals surface area contributed by atoms with Crippen LogP contribution in [-0.4, -0.2) is 29.2 Å². The lowest BCUT2D eigenvalue weighted by Gasteiger charge is -2.19. The van der Waals surface area contributed by atoms with Crippen LogP contribution in [0.15, 0.2) is 4.79 Å². The van der Waals surface area contributed by atoms with Crippen LogP contribution in [0.25, 0.3) is 10.2 Å². The first kappa shape index (κ1) is 14.7. The number of aromatic nitrogens is 2. The highest BCUT2D eigenvalue weighted by atomic mass is 32.1. The van der Waals surface area contributed by atoms with Gasteiger partial charge in [-0.2, -0.15) is 0 Å². The molecule has 2 N–H and O–H groups in total. The minimum Gasteiger partial charge on any atom is -0.380 e. The van der Waals surface area contributed by atoms with Crippen LogP contribution in [0, 0.1) is 13.8 Å². The Hall–Kier alpha value is -1.24. The van der Waals surface area contributed by atoms with Crippen LogP contribution < -0.4 is 10.9 Å². The molecule has 1 saturated carbocycles. The highest BCUT2D eigenvalue weighted by molar-refractivity contribution is 7.18. The average Bonchev–Trinajstić information content (AvgIpc) is 3.02. The zero-order chi connectivity index (χ0) is 15.0. The lowest BCUT2D eigenvalue weighted by molar-refractivity contribution is 0.0845. The molecule has 2 atom stereocenters. The molecule has 0 saturated heterocycles. The van der Waals surface area contributed by atoms with Crippen molar-refractivity contribution in [2.24, 2.45) is 0 Å². The lowest BCUT2D eigenvalue weighted by atomic mass is 10.2. The number of aryl methyl sites for hydroxylation is 2. The number of H-pyrrole nitrogens is 1. The van der Waals surface area contributed by atoms with Crippen molar-refractivity contribution in [1.29, 1.82) is 0 Å². The molecule has 5 nitrogen and oxygen atoms in total. The van der Waals surface area contributed by atoms with Crippen molar-refractivity contribution in [1.82, 2.24) is 15.3 Å². The first-order valence-corrected chi connectivity index (χ1v) is 8.17. The topological polar surface area (TPSA) is 67.0 Å². The molecule has 0 bridgehead atoms. The number of fused-ring (bicyclic) bond motifs is 1. The summed E-state index contributed by atoms with van der Waals surface area (Å²) in [6.07, 6.45) is 3.66. The lowest BCUT2D eigenvalue weighted by Crippen LogP contribution is -2.37. The van der Waals surface area contributed by atoms with Crippen molar-refractivity contribution >= 4 is 21.6 Å². The number of aromatic amines is 1. The number of hydrogen-bond acceptors (Lipinski definition) is 5. The van der Waals surface area contributed by atoms with Gasteiger partial charge in [0.1, 0.15) is 10.7 Å². The van der Waals surface area contributed by atoms with E-state index >= 15 is 0 Å². The molecule has 1 aliphatic rings. The van der Waals surface area contributed by atoms with E-state index < -0.39 is 0 Å². The van der Waals surface area contributed by atoms with Gasteiger partial charge in [-0.3, -0.25) is 4.79 Å². The molecule has 3 rings (SSSR count). The standard InChI is InChI=1S/C15H21N3O2S/c1-8-9(2)21-15-13(8)14(19)17-12(18-15)7-16-10-5-4-6-11(10)20-3/h10-11,16H,4-7H2,1-3H3,(H,17,18,19). The summed E-state index contributed by atoms with van der Waals surface area (Å²) in [5.41, 5.74) is 1.01. The van der Waals surface area contributed by atoms with Gasteiger partial charge < -0.3 is 15.0 Å². The summed E-state index contributed by atoms with van der Waals surface area (Å²) in [5.74, 6) is 0.704. The van der Waals surface area contributed by atoms with Gasteiger partial charge in [-0.15, -0.1) is 11.3 Å². The Morgan fingerprint density at radius 1 is 1.43 bits per heavy atom. The fraction of sp³-hybridized carbons (Fsp3) is 0.600. The van der Waals surface area contributed by atoms with Gasteiger partial charge >= 0.3 is 0 Å². The number of hydrogen-bond donors (Lipinski definition) is 2. The van der Waals surface area contributed by atoms with Gasteiger partial charge in [0.2, 0.25) is 0 Å². The Kier molecular flexibility index (Phi) is 4.10. The van der Waals surface area contributed by atoms with Gasteiger partial charge in [-0.25, -0.2) is 4.98 Å². The van der Waals surface area contributed by atoms with Crippen LogP contribution >= 0.6 is 11.3 Å². The molecule has 0 radical (unpaired) electrons. The minimum atomic E-state index is -0.0339. The van der Waals surface area contributed by atoms with Crippen LogP contribution in [0.4, 0.5) is 0 Å². The fourth-order valence-corrected chi connectivity index (χ4v) is 4.10. The molecule has 2 aromatic rings.